The molecule has 0 unspecified atom stereocenters. The summed E-state index contributed by atoms with van der Waals surface area (Å²) in [6.45, 7) is 0. The summed E-state index contributed by atoms with van der Waals surface area (Å²) in [5.74, 6) is -0.216. The number of anilines is 1. The minimum absolute atomic E-state index is 0.216. The predicted molar refractivity (Wildman–Crippen MR) is 68.0 cm³/mol. The minimum Gasteiger partial charge on any atom is -0.398 e. The fourth-order valence-electron chi connectivity index (χ4n) is 1.38. The van der Waals surface area contributed by atoms with Gasteiger partial charge in [0.1, 0.15) is 5.69 Å². The van der Waals surface area contributed by atoms with E-state index in [9.17, 15) is 4.79 Å². The Morgan fingerprint density at radius 2 is 2.24 bits per heavy atom. The summed E-state index contributed by atoms with van der Waals surface area (Å²) in [7, 11) is 1.64. The van der Waals surface area contributed by atoms with Crippen molar-refractivity contribution < 1.29 is 4.79 Å². The van der Waals surface area contributed by atoms with Crippen LogP contribution in [0.5, 0.6) is 0 Å². The van der Waals surface area contributed by atoms with Crippen LogP contribution in [0.3, 0.4) is 0 Å². The van der Waals surface area contributed by atoms with E-state index in [1.165, 1.54) is 10.7 Å². The van der Waals surface area contributed by atoms with Crippen molar-refractivity contribution in [2.45, 2.75) is 0 Å². The third-order valence-corrected chi connectivity index (χ3v) is 3.12. The molecule has 0 aliphatic carbocycles. The maximum absolute atomic E-state index is 12.2. The van der Waals surface area contributed by atoms with Gasteiger partial charge in [-0.2, -0.15) is 0 Å². The molecule has 0 aliphatic heterocycles. The van der Waals surface area contributed by atoms with Crippen molar-refractivity contribution >= 4 is 39.0 Å². The van der Waals surface area contributed by atoms with Gasteiger partial charge in [0.05, 0.1) is 10.7 Å². The second kappa shape index (κ2) is 4.46. The largest absolute Gasteiger partial charge is 0.398 e. The summed E-state index contributed by atoms with van der Waals surface area (Å²) in [6, 6.07) is 4.73. The van der Waals surface area contributed by atoms with Crippen molar-refractivity contribution in [2.24, 2.45) is 7.05 Å². The van der Waals surface area contributed by atoms with E-state index in [1.807, 2.05) is 0 Å². The molecular weight excluding hydrogens is 307 g/mol. The van der Waals surface area contributed by atoms with Crippen LogP contribution >= 0.6 is 27.5 Å². The Bertz CT molecular complexity index is 576. The first-order chi connectivity index (χ1) is 8.00. The zero-order valence-electron chi connectivity index (χ0n) is 8.82. The molecule has 0 fully saturated rings. The van der Waals surface area contributed by atoms with Crippen molar-refractivity contribution in [1.82, 2.24) is 15.0 Å². The molecule has 2 rings (SSSR count). The molecule has 0 spiro atoms. The third-order valence-electron chi connectivity index (χ3n) is 2.26. The maximum Gasteiger partial charge on any atom is 0.213 e. The van der Waals surface area contributed by atoms with Gasteiger partial charge in [-0.15, -0.1) is 5.10 Å². The van der Waals surface area contributed by atoms with Crippen molar-refractivity contribution in [3.05, 3.63) is 39.1 Å². The first kappa shape index (κ1) is 12.1. The Balaban J connectivity index is 2.48. The number of carbonyl (C=O) groups excluding carboxylic acids is 1. The number of hydrogen-bond acceptors (Lipinski definition) is 4. The molecule has 0 amide bonds. The smallest absolute Gasteiger partial charge is 0.213 e. The van der Waals surface area contributed by atoms with Gasteiger partial charge in [-0.1, -0.05) is 16.8 Å². The highest BCUT2D eigenvalue weighted by molar-refractivity contribution is 9.10. The lowest BCUT2D eigenvalue weighted by Gasteiger charge is -2.03. The normalized spacial score (nSPS) is 10.5. The first-order valence-electron chi connectivity index (χ1n) is 4.65. The van der Waals surface area contributed by atoms with E-state index >= 15 is 0 Å². The Morgan fingerprint density at radius 3 is 2.76 bits per heavy atom. The van der Waals surface area contributed by atoms with Crippen LogP contribution in [0.15, 0.2) is 22.8 Å². The van der Waals surface area contributed by atoms with Gasteiger partial charge in [0, 0.05) is 12.6 Å². The van der Waals surface area contributed by atoms with E-state index in [4.69, 9.17) is 17.3 Å². The van der Waals surface area contributed by atoms with Crippen molar-refractivity contribution in [1.29, 1.82) is 0 Å². The Hall–Kier alpha value is -1.40. The molecule has 7 heteroatoms. The number of nitrogens with two attached hydrogens (primary N) is 1. The molecule has 88 valence electrons. The fraction of sp³-hybridized carbons (Fsp3) is 0.100. The number of hydrogen-bond donors (Lipinski definition) is 1. The van der Waals surface area contributed by atoms with Crippen LogP contribution in [0, 0.1) is 0 Å². The molecule has 17 heavy (non-hydrogen) atoms. The number of aromatic nitrogens is 3. The van der Waals surface area contributed by atoms with Crippen LogP contribution in [0.4, 0.5) is 5.69 Å². The fourth-order valence-corrected chi connectivity index (χ4v) is 2.07. The van der Waals surface area contributed by atoms with Gasteiger partial charge in [0.25, 0.3) is 0 Å². The Morgan fingerprint density at radius 1 is 1.53 bits per heavy atom. The van der Waals surface area contributed by atoms with Gasteiger partial charge in [-0.25, -0.2) is 4.68 Å². The molecule has 0 saturated heterocycles. The summed E-state index contributed by atoms with van der Waals surface area (Å²) in [6.07, 6.45) is 0. The molecule has 1 heterocycles. The number of nitrogen functional groups attached to an aromatic ring is 1. The zero-order chi connectivity index (χ0) is 12.6. The van der Waals surface area contributed by atoms with E-state index in [1.54, 1.807) is 19.2 Å². The molecule has 2 N–H and O–H groups in total. The molecule has 0 aliphatic rings. The molecule has 1 aromatic carbocycles. The number of benzene rings is 1. The van der Waals surface area contributed by atoms with Crippen LogP contribution in [-0.4, -0.2) is 20.8 Å². The lowest BCUT2D eigenvalue weighted by atomic mass is 10.1. The van der Waals surface area contributed by atoms with Crippen molar-refractivity contribution in [3.8, 4) is 0 Å². The van der Waals surface area contributed by atoms with Crippen LogP contribution in [0.2, 0.25) is 5.02 Å². The average Bonchev–Trinajstić information content (AvgIpc) is 2.62. The summed E-state index contributed by atoms with van der Waals surface area (Å²) in [4.78, 5) is 12.2. The van der Waals surface area contributed by atoms with Gasteiger partial charge in [0.15, 0.2) is 4.60 Å². The minimum atomic E-state index is -0.216. The SMILES string of the molecule is Cn1nnc(Br)c1C(=O)c1ccc(N)c(Cl)c1. The number of ketones is 1. The second-order valence-corrected chi connectivity index (χ2v) is 4.58. The summed E-state index contributed by atoms with van der Waals surface area (Å²) >= 11 is 9.05. The number of halogens is 2. The van der Waals surface area contributed by atoms with Crippen LogP contribution in [0.1, 0.15) is 16.1 Å². The van der Waals surface area contributed by atoms with Crippen molar-refractivity contribution in [2.75, 3.05) is 5.73 Å². The van der Waals surface area contributed by atoms with E-state index in [0.717, 1.165) is 0 Å². The van der Waals surface area contributed by atoms with Crippen LogP contribution in [-0.2, 0) is 7.05 Å². The van der Waals surface area contributed by atoms with E-state index < -0.39 is 0 Å². The van der Waals surface area contributed by atoms with E-state index in [2.05, 4.69) is 26.2 Å². The van der Waals surface area contributed by atoms with Gasteiger partial charge >= 0.3 is 0 Å². The van der Waals surface area contributed by atoms with Gasteiger partial charge in [0.2, 0.25) is 5.78 Å². The average molecular weight is 316 g/mol. The monoisotopic (exact) mass is 314 g/mol. The highest BCUT2D eigenvalue weighted by Crippen LogP contribution is 2.23. The molecule has 1 aromatic heterocycles. The molecule has 0 atom stereocenters. The molecule has 0 bridgehead atoms. The highest BCUT2D eigenvalue weighted by Gasteiger charge is 2.19. The molecule has 5 nitrogen and oxygen atoms in total. The van der Waals surface area contributed by atoms with Crippen molar-refractivity contribution in [3.63, 3.8) is 0 Å². The maximum atomic E-state index is 12.2. The molecular formula is C10H8BrClN4O. The number of rotatable bonds is 2. The van der Waals surface area contributed by atoms with E-state index in [0.29, 0.717) is 26.6 Å². The Labute approximate surface area is 111 Å². The number of carbonyl (C=O) groups is 1. The van der Waals surface area contributed by atoms with Gasteiger partial charge in [-0.3, -0.25) is 4.79 Å². The van der Waals surface area contributed by atoms with Crippen LogP contribution in [0.25, 0.3) is 0 Å². The zero-order valence-corrected chi connectivity index (χ0v) is 11.2. The molecule has 0 radical (unpaired) electrons. The summed E-state index contributed by atoms with van der Waals surface area (Å²) in [5.41, 5.74) is 6.83. The standard InChI is InChI=1S/C10H8BrClN4O/c1-16-8(10(11)14-15-16)9(17)5-2-3-7(13)6(12)4-5/h2-4H,13H2,1H3. The quantitative estimate of drug-likeness (QED) is 0.680. The first-order valence-corrected chi connectivity index (χ1v) is 5.82. The highest BCUT2D eigenvalue weighted by atomic mass is 79.9. The summed E-state index contributed by atoms with van der Waals surface area (Å²) < 4.78 is 1.80. The van der Waals surface area contributed by atoms with Gasteiger partial charge < -0.3 is 5.73 Å². The Kier molecular flexibility index (Phi) is 3.17. The predicted octanol–water partition coefficient (Wildman–Crippen LogP) is 2.04. The van der Waals surface area contributed by atoms with Crippen LogP contribution < -0.4 is 5.73 Å². The lowest BCUT2D eigenvalue weighted by Crippen LogP contribution is -2.09. The number of nitrogens with zero attached hydrogens (tertiary/aromatic N) is 3. The lowest BCUT2D eigenvalue weighted by molar-refractivity contribution is 0.102. The number of aryl methyl sites for hydroxylation is 1. The van der Waals surface area contributed by atoms with E-state index in [-0.39, 0.29) is 5.78 Å². The third kappa shape index (κ3) is 2.18. The topological polar surface area (TPSA) is 73.8 Å². The second-order valence-electron chi connectivity index (χ2n) is 3.42. The molecule has 2 aromatic rings. The summed E-state index contributed by atoms with van der Waals surface area (Å²) in [5, 5.41) is 7.85. The van der Waals surface area contributed by atoms with Gasteiger partial charge in [-0.05, 0) is 34.1 Å². The molecule has 0 saturated carbocycles.